The molecule has 318 valence electrons. The van der Waals surface area contributed by atoms with Gasteiger partial charge in [-0.2, -0.15) is 5.10 Å². The number of alkyl halides is 2. The molecule has 1 saturated heterocycles. The molecule has 3 aromatic carbocycles. The number of carbonyl (C=O) groups is 5. The number of aromatic amines is 1. The summed E-state index contributed by atoms with van der Waals surface area (Å²) in [7, 11) is 0. The van der Waals surface area contributed by atoms with Crippen LogP contribution in [0.2, 0.25) is 0 Å². The van der Waals surface area contributed by atoms with E-state index in [-0.39, 0.29) is 41.8 Å². The van der Waals surface area contributed by atoms with Crippen molar-refractivity contribution in [3.05, 3.63) is 89.2 Å². The van der Waals surface area contributed by atoms with E-state index in [1.807, 2.05) is 37.3 Å². The quantitative estimate of drug-likeness (QED) is 0.0892. The van der Waals surface area contributed by atoms with E-state index in [9.17, 15) is 32.8 Å². The molecule has 0 bridgehead atoms. The van der Waals surface area contributed by atoms with E-state index in [0.29, 0.717) is 49.2 Å². The van der Waals surface area contributed by atoms with Crippen LogP contribution in [0.15, 0.2) is 66.7 Å². The molecule has 14 nitrogen and oxygen atoms in total. The van der Waals surface area contributed by atoms with Gasteiger partial charge in [-0.25, -0.2) is 18.6 Å². The number of aryl methyl sites for hydroxylation is 1. The minimum Gasteiger partial charge on any atom is -0.444 e. The van der Waals surface area contributed by atoms with Crippen molar-refractivity contribution >= 4 is 35.4 Å². The molecule has 0 spiro atoms. The third-order valence-corrected chi connectivity index (χ3v) is 10.7. The van der Waals surface area contributed by atoms with Gasteiger partial charge in [-0.1, -0.05) is 30.3 Å². The Kier molecular flexibility index (Phi) is 13.9. The fourth-order valence-electron chi connectivity index (χ4n) is 7.45. The number of ether oxygens (including phenoxy) is 1. The molecule has 6 rings (SSSR count). The van der Waals surface area contributed by atoms with Crippen molar-refractivity contribution < 1.29 is 37.5 Å². The number of hydrogen-bond donors (Lipinski definition) is 6. The molecule has 1 aromatic heterocycles. The minimum atomic E-state index is -2.82. The fourth-order valence-corrected chi connectivity index (χ4v) is 7.45. The van der Waals surface area contributed by atoms with Gasteiger partial charge in [-0.3, -0.25) is 24.3 Å². The Bertz CT molecular complexity index is 2160. The Hall–Kier alpha value is -6.19. The Balaban J connectivity index is 1.12. The summed E-state index contributed by atoms with van der Waals surface area (Å²) in [5.74, 6) is -1.73. The number of carbonyl (C=O) groups excluding carboxylic acids is 5. The maximum Gasteiger partial charge on any atom is 0.407 e. The van der Waals surface area contributed by atoms with Gasteiger partial charge < -0.3 is 31.3 Å². The fraction of sp³-hybridized carbons (Fsp3) is 0.432. The number of H-pyrrole nitrogens is 1. The van der Waals surface area contributed by atoms with Crippen LogP contribution in [0.5, 0.6) is 0 Å². The summed E-state index contributed by atoms with van der Waals surface area (Å²) < 4.78 is 31.4. The number of benzene rings is 3. The smallest absolute Gasteiger partial charge is 0.407 e. The zero-order valence-corrected chi connectivity index (χ0v) is 34.2. The average molecular weight is 827 g/mol. The molecule has 1 aliphatic carbocycles. The van der Waals surface area contributed by atoms with Gasteiger partial charge in [0, 0.05) is 42.2 Å². The van der Waals surface area contributed by atoms with E-state index in [0.717, 1.165) is 41.5 Å². The molecule has 60 heavy (non-hydrogen) atoms. The lowest BCUT2D eigenvalue weighted by atomic mass is 9.81. The number of aromatic nitrogens is 3. The van der Waals surface area contributed by atoms with Crippen molar-refractivity contribution in [2.45, 2.75) is 96.8 Å². The highest BCUT2D eigenvalue weighted by Gasteiger charge is 2.31. The van der Waals surface area contributed by atoms with Crippen molar-refractivity contribution in [3.8, 4) is 22.5 Å². The monoisotopic (exact) mass is 826 g/mol. The lowest BCUT2D eigenvalue weighted by Gasteiger charge is -2.29. The maximum absolute atomic E-state index is 13.9. The highest BCUT2D eigenvalue weighted by atomic mass is 19.3. The van der Waals surface area contributed by atoms with E-state index in [4.69, 9.17) is 4.74 Å². The molecule has 0 unspecified atom stereocenters. The van der Waals surface area contributed by atoms with Crippen molar-refractivity contribution in [2.24, 2.45) is 11.8 Å². The van der Waals surface area contributed by atoms with Gasteiger partial charge in [0.1, 0.15) is 17.7 Å². The van der Waals surface area contributed by atoms with Crippen molar-refractivity contribution in [1.29, 1.82) is 0 Å². The number of rotatable bonds is 13. The number of alkyl carbamates (subject to hydrolysis) is 1. The highest BCUT2D eigenvalue weighted by Crippen LogP contribution is 2.30. The maximum atomic E-state index is 13.9. The first-order valence-corrected chi connectivity index (χ1v) is 20.3. The molecule has 2 atom stereocenters. The van der Waals surface area contributed by atoms with Gasteiger partial charge in [0.25, 0.3) is 12.3 Å². The predicted molar refractivity (Wildman–Crippen MR) is 221 cm³/mol. The molecule has 1 aliphatic heterocycles. The molecule has 2 heterocycles. The largest absolute Gasteiger partial charge is 0.444 e. The van der Waals surface area contributed by atoms with Crippen LogP contribution < -0.4 is 26.6 Å². The summed E-state index contributed by atoms with van der Waals surface area (Å²) >= 11 is 0. The van der Waals surface area contributed by atoms with Crippen LogP contribution in [0.1, 0.15) is 93.0 Å². The number of nitrogens with one attached hydrogen (secondary N) is 6. The predicted octanol–water partition coefficient (Wildman–Crippen LogP) is 6.39. The molecular formula is C44H52F2N8O6. The van der Waals surface area contributed by atoms with E-state index < -0.39 is 41.9 Å². The van der Waals surface area contributed by atoms with E-state index in [1.54, 1.807) is 57.2 Å². The second kappa shape index (κ2) is 19.3. The summed E-state index contributed by atoms with van der Waals surface area (Å²) in [6, 6.07) is 18.0. The minimum absolute atomic E-state index is 0.161. The van der Waals surface area contributed by atoms with Gasteiger partial charge in [0.2, 0.25) is 23.5 Å². The van der Waals surface area contributed by atoms with Gasteiger partial charge in [0.05, 0.1) is 0 Å². The summed E-state index contributed by atoms with van der Waals surface area (Å²) in [6.07, 6.45) is 0.943. The molecule has 1 saturated carbocycles. The van der Waals surface area contributed by atoms with Crippen LogP contribution in [0.3, 0.4) is 0 Å². The SMILES string of the molecule is Cc1cc(C(=O)N[C@@H]2CCCNC2=O)ccc1-c1ccc(C[C@H](NC(=O)C2CCC(CNC(=O)OC(C)(C)C)CC2)C(=O)Nc2ccc(-c3nc(C(F)F)n[nH]3)cc2)cc1. The van der Waals surface area contributed by atoms with E-state index in [1.165, 1.54) is 0 Å². The molecule has 2 fully saturated rings. The third-order valence-electron chi connectivity index (χ3n) is 10.7. The molecule has 16 heteroatoms. The van der Waals surface area contributed by atoms with Gasteiger partial charge in [0.15, 0.2) is 5.82 Å². The van der Waals surface area contributed by atoms with Crippen LogP contribution in [0.4, 0.5) is 19.3 Å². The first-order chi connectivity index (χ1) is 28.6. The number of hydrogen-bond acceptors (Lipinski definition) is 8. The Morgan fingerprint density at radius 2 is 1.62 bits per heavy atom. The highest BCUT2D eigenvalue weighted by molar-refractivity contribution is 5.99. The lowest BCUT2D eigenvalue weighted by molar-refractivity contribution is -0.130. The summed E-state index contributed by atoms with van der Waals surface area (Å²) in [5, 5.41) is 20.3. The van der Waals surface area contributed by atoms with Crippen molar-refractivity contribution in [2.75, 3.05) is 18.4 Å². The van der Waals surface area contributed by atoms with Crippen LogP contribution in [-0.4, -0.2) is 75.7 Å². The zero-order chi connectivity index (χ0) is 43.0. The van der Waals surface area contributed by atoms with Crippen molar-refractivity contribution in [3.63, 3.8) is 0 Å². The second-order valence-corrected chi connectivity index (χ2v) is 16.5. The number of anilines is 1. The lowest BCUT2D eigenvalue weighted by Crippen LogP contribution is -2.50. The Morgan fingerprint density at radius 3 is 2.25 bits per heavy atom. The first-order valence-electron chi connectivity index (χ1n) is 20.3. The molecule has 5 amide bonds. The first kappa shape index (κ1) is 43.4. The zero-order valence-electron chi connectivity index (χ0n) is 34.2. The van der Waals surface area contributed by atoms with Crippen LogP contribution >= 0.6 is 0 Å². The van der Waals surface area contributed by atoms with Gasteiger partial charge in [-0.05, 0) is 131 Å². The molecule has 6 N–H and O–H groups in total. The standard InChI is InChI=1S/C44H52F2N8O6/c1-25-22-31(40(56)50-34-6-5-21-47-41(34)57)17-20-33(25)28-11-7-26(8-12-28)23-35(42(58)49-32-18-15-29(16-19-32)37-52-38(36(45)46)54-53-37)51-39(55)30-13-9-27(10-14-30)24-48-43(59)60-44(2,3)4/h7-8,11-12,15-20,22,27,30,34-36H,5-6,9-10,13-14,21,23-24H2,1-4H3,(H,47,57)(H,48,59)(H,49,58)(H,50,56)(H,51,55)(H,52,53,54)/t27?,30?,34-,35+/m1/s1. The molecular weight excluding hydrogens is 775 g/mol. The van der Waals surface area contributed by atoms with E-state index in [2.05, 4.69) is 41.8 Å². The number of piperidine rings is 1. The topological polar surface area (TPSA) is 196 Å². The summed E-state index contributed by atoms with van der Waals surface area (Å²) in [6.45, 7) is 8.38. The summed E-state index contributed by atoms with van der Waals surface area (Å²) in [4.78, 5) is 68.7. The third kappa shape index (κ3) is 11.7. The Labute approximate surface area is 347 Å². The molecule has 0 radical (unpaired) electrons. The number of amides is 5. The average Bonchev–Trinajstić information content (AvgIpc) is 3.72. The van der Waals surface area contributed by atoms with Crippen molar-refractivity contribution in [1.82, 2.24) is 36.4 Å². The van der Waals surface area contributed by atoms with E-state index >= 15 is 0 Å². The van der Waals surface area contributed by atoms with Gasteiger partial charge >= 0.3 is 6.09 Å². The van der Waals surface area contributed by atoms with Crippen LogP contribution in [-0.2, 0) is 25.5 Å². The summed E-state index contributed by atoms with van der Waals surface area (Å²) in [5.41, 5.74) is 4.25. The second-order valence-electron chi connectivity index (χ2n) is 16.5. The number of halogens is 2. The van der Waals surface area contributed by atoms with Gasteiger partial charge in [-0.15, -0.1) is 0 Å². The van der Waals surface area contributed by atoms with Crippen LogP contribution in [0, 0.1) is 18.8 Å². The Morgan fingerprint density at radius 1 is 0.917 bits per heavy atom. The number of nitrogens with zero attached hydrogens (tertiary/aromatic N) is 2. The normalized spacial score (nSPS) is 18.5. The molecule has 4 aromatic rings. The molecule has 2 aliphatic rings. The van der Waals surface area contributed by atoms with Crippen LogP contribution in [0.25, 0.3) is 22.5 Å².